The van der Waals surface area contributed by atoms with Crippen LogP contribution in [0.1, 0.15) is 22.5 Å². The average molecular weight is 368 g/mol. The van der Waals surface area contributed by atoms with Gasteiger partial charge in [0.05, 0.1) is 6.42 Å². The minimum atomic E-state index is -1.90. The van der Waals surface area contributed by atoms with E-state index in [1.165, 1.54) is 6.07 Å². The second-order valence-electron chi connectivity index (χ2n) is 6.13. The lowest BCUT2D eigenvalue weighted by atomic mass is 9.89. The summed E-state index contributed by atoms with van der Waals surface area (Å²) in [6.45, 7) is 0. The predicted molar refractivity (Wildman–Crippen MR) is 97.1 cm³/mol. The number of rotatable bonds is 4. The Morgan fingerprint density at radius 3 is 2.58 bits per heavy atom. The molecule has 0 unspecified atom stereocenters. The van der Waals surface area contributed by atoms with Crippen LogP contribution in [0.15, 0.2) is 65.1 Å². The van der Waals surface area contributed by atoms with Gasteiger partial charge in [-0.15, -0.1) is 0 Å². The third kappa shape index (κ3) is 2.71. The molecule has 0 saturated carbocycles. The maximum atomic E-state index is 12.6. The Balaban J connectivity index is 1.59. The lowest BCUT2D eigenvalue weighted by molar-refractivity contribution is -0.133. The van der Waals surface area contributed by atoms with Crippen molar-refractivity contribution in [3.05, 3.63) is 77.0 Å². The number of Topliss-reactive ketones (excluding diaryl/α,β-unsaturated/α-hetero) is 1. The molecule has 0 spiro atoms. The van der Waals surface area contributed by atoms with Crippen LogP contribution in [0.3, 0.4) is 0 Å². The van der Waals surface area contributed by atoms with E-state index in [2.05, 4.69) is 5.32 Å². The fourth-order valence-electron chi connectivity index (χ4n) is 3.05. The Hall–Kier alpha value is -2.89. The number of furan rings is 1. The predicted octanol–water partition coefficient (Wildman–Crippen LogP) is 4.01. The number of amides is 1. The van der Waals surface area contributed by atoms with Crippen LogP contribution in [0.2, 0.25) is 5.02 Å². The normalized spacial score (nSPS) is 18.5. The third-order valence-electron chi connectivity index (χ3n) is 4.42. The monoisotopic (exact) mass is 367 g/mol. The number of nitrogens with one attached hydrogen (secondary N) is 1. The Morgan fingerprint density at radius 1 is 1.08 bits per heavy atom. The fraction of sp³-hybridized carbons (Fsp3) is 0.100. The molecule has 1 amide bonds. The molecular formula is C20H14ClNO4. The Bertz CT molecular complexity index is 1010. The van der Waals surface area contributed by atoms with Crippen LogP contribution in [-0.2, 0) is 10.4 Å². The number of carbonyl (C=O) groups is 2. The SMILES string of the molecule is O=C(C[C@]1(O)C(=O)Nc2ccccc21)c1ccc(-c2ccc(Cl)cc2)o1. The highest BCUT2D eigenvalue weighted by atomic mass is 35.5. The second kappa shape index (κ2) is 6.12. The van der Waals surface area contributed by atoms with E-state index in [1.54, 1.807) is 54.6 Å². The van der Waals surface area contributed by atoms with Crippen molar-refractivity contribution in [2.24, 2.45) is 0 Å². The number of ketones is 1. The third-order valence-corrected chi connectivity index (χ3v) is 4.67. The first-order valence-electron chi connectivity index (χ1n) is 8.00. The van der Waals surface area contributed by atoms with Gasteiger partial charge in [-0.05, 0) is 42.5 Å². The molecule has 6 heteroatoms. The van der Waals surface area contributed by atoms with E-state index in [9.17, 15) is 14.7 Å². The molecule has 0 radical (unpaired) electrons. The van der Waals surface area contributed by atoms with Gasteiger partial charge in [0.25, 0.3) is 5.91 Å². The minimum absolute atomic E-state index is 0.0838. The Morgan fingerprint density at radius 2 is 1.81 bits per heavy atom. The second-order valence-corrected chi connectivity index (χ2v) is 6.57. The van der Waals surface area contributed by atoms with Crippen LogP contribution in [0, 0.1) is 0 Å². The fourth-order valence-corrected chi connectivity index (χ4v) is 3.18. The molecule has 1 aliphatic heterocycles. The van der Waals surface area contributed by atoms with Gasteiger partial charge >= 0.3 is 0 Å². The van der Waals surface area contributed by atoms with Crippen molar-refractivity contribution in [1.29, 1.82) is 0 Å². The number of hydrogen-bond acceptors (Lipinski definition) is 4. The number of fused-ring (bicyclic) bond motifs is 1. The highest BCUT2D eigenvalue weighted by molar-refractivity contribution is 6.30. The molecule has 0 aliphatic carbocycles. The molecule has 26 heavy (non-hydrogen) atoms. The molecule has 1 aliphatic rings. The molecule has 5 nitrogen and oxygen atoms in total. The van der Waals surface area contributed by atoms with Crippen molar-refractivity contribution in [3.63, 3.8) is 0 Å². The highest BCUT2D eigenvalue weighted by Gasteiger charge is 2.47. The summed E-state index contributed by atoms with van der Waals surface area (Å²) in [5.74, 6) is -0.482. The van der Waals surface area contributed by atoms with Gasteiger partial charge in [0, 0.05) is 21.8 Å². The zero-order valence-electron chi connectivity index (χ0n) is 13.5. The van der Waals surface area contributed by atoms with E-state index in [0.29, 0.717) is 22.0 Å². The van der Waals surface area contributed by atoms with Gasteiger partial charge in [0.15, 0.2) is 11.4 Å². The van der Waals surface area contributed by atoms with Crippen molar-refractivity contribution in [2.45, 2.75) is 12.0 Å². The van der Waals surface area contributed by atoms with E-state index in [0.717, 1.165) is 5.56 Å². The van der Waals surface area contributed by atoms with Gasteiger partial charge < -0.3 is 14.8 Å². The molecule has 1 atom stereocenters. The van der Waals surface area contributed by atoms with Crippen LogP contribution < -0.4 is 5.32 Å². The number of halogens is 1. The number of benzene rings is 2. The summed E-state index contributed by atoms with van der Waals surface area (Å²) in [5, 5.41) is 14.0. The molecule has 0 saturated heterocycles. The molecule has 2 N–H and O–H groups in total. The first-order chi connectivity index (χ1) is 12.5. The smallest absolute Gasteiger partial charge is 0.261 e. The summed E-state index contributed by atoms with van der Waals surface area (Å²) in [5.41, 5.74) is -0.228. The van der Waals surface area contributed by atoms with Crippen molar-refractivity contribution >= 4 is 29.0 Å². The van der Waals surface area contributed by atoms with Crippen molar-refractivity contribution in [2.75, 3.05) is 5.32 Å². The van der Waals surface area contributed by atoms with Gasteiger partial charge in [-0.25, -0.2) is 0 Å². The number of carbonyl (C=O) groups excluding carboxylic acids is 2. The highest BCUT2D eigenvalue weighted by Crippen LogP contribution is 2.39. The van der Waals surface area contributed by atoms with Crippen molar-refractivity contribution < 1.29 is 19.1 Å². The van der Waals surface area contributed by atoms with Crippen LogP contribution >= 0.6 is 11.6 Å². The quantitative estimate of drug-likeness (QED) is 0.683. The topological polar surface area (TPSA) is 79.5 Å². The number of aliphatic hydroxyl groups is 1. The molecule has 1 aromatic heterocycles. The molecule has 130 valence electrons. The number of anilines is 1. The van der Waals surface area contributed by atoms with Crippen molar-refractivity contribution in [1.82, 2.24) is 0 Å². The molecule has 2 aromatic carbocycles. The lowest BCUT2D eigenvalue weighted by Crippen LogP contribution is -2.36. The zero-order chi connectivity index (χ0) is 18.3. The van der Waals surface area contributed by atoms with E-state index in [4.69, 9.17) is 16.0 Å². The number of hydrogen-bond donors (Lipinski definition) is 2. The summed E-state index contributed by atoms with van der Waals surface area (Å²) in [4.78, 5) is 24.8. The standard InChI is InChI=1S/C20H14ClNO4/c21-13-7-5-12(6-8-13)17-9-10-18(26-17)16(23)11-20(25)14-3-1-2-4-15(14)22-19(20)24/h1-10,25H,11H2,(H,22,24)/t20-/m1/s1. The van der Waals surface area contributed by atoms with Crippen LogP contribution in [0.5, 0.6) is 0 Å². The van der Waals surface area contributed by atoms with E-state index in [1.807, 2.05) is 0 Å². The van der Waals surface area contributed by atoms with Gasteiger partial charge in [0.2, 0.25) is 5.78 Å². The molecule has 4 rings (SSSR count). The maximum absolute atomic E-state index is 12.6. The van der Waals surface area contributed by atoms with Gasteiger partial charge in [-0.3, -0.25) is 9.59 Å². The summed E-state index contributed by atoms with van der Waals surface area (Å²) in [7, 11) is 0. The minimum Gasteiger partial charge on any atom is -0.453 e. The van der Waals surface area contributed by atoms with E-state index >= 15 is 0 Å². The van der Waals surface area contributed by atoms with Crippen molar-refractivity contribution in [3.8, 4) is 11.3 Å². The Labute approximate surface area is 154 Å². The van der Waals surface area contributed by atoms with E-state index in [-0.39, 0.29) is 5.76 Å². The lowest BCUT2D eigenvalue weighted by Gasteiger charge is -2.19. The summed E-state index contributed by atoms with van der Waals surface area (Å²) < 4.78 is 5.61. The van der Waals surface area contributed by atoms with Crippen LogP contribution in [0.4, 0.5) is 5.69 Å². The maximum Gasteiger partial charge on any atom is 0.261 e. The van der Waals surface area contributed by atoms with Crippen LogP contribution in [0.25, 0.3) is 11.3 Å². The summed E-state index contributed by atoms with van der Waals surface area (Å²) in [6, 6.07) is 17.0. The molecular weight excluding hydrogens is 354 g/mol. The zero-order valence-corrected chi connectivity index (χ0v) is 14.3. The van der Waals surface area contributed by atoms with Gasteiger partial charge in [-0.1, -0.05) is 29.8 Å². The first kappa shape index (κ1) is 16.6. The number of para-hydroxylation sites is 1. The average Bonchev–Trinajstić information content (AvgIpc) is 3.21. The summed E-state index contributed by atoms with van der Waals surface area (Å²) >= 11 is 5.87. The molecule has 2 heterocycles. The van der Waals surface area contributed by atoms with E-state index < -0.39 is 23.7 Å². The summed E-state index contributed by atoms with van der Waals surface area (Å²) in [6.07, 6.45) is -0.399. The van der Waals surface area contributed by atoms with Crippen LogP contribution in [-0.4, -0.2) is 16.8 Å². The van der Waals surface area contributed by atoms with Gasteiger partial charge in [0.1, 0.15) is 5.76 Å². The Kier molecular flexibility index (Phi) is 3.90. The van der Waals surface area contributed by atoms with Gasteiger partial charge in [-0.2, -0.15) is 0 Å². The molecule has 3 aromatic rings. The largest absolute Gasteiger partial charge is 0.453 e. The molecule has 0 bridgehead atoms. The first-order valence-corrected chi connectivity index (χ1v) is 8.37. The molecule has 0 fully saturated rings.